The molecule has 0 aromatic heterocycles. The molecule has 3 nitrogen and oxygen atoms in total. The van der Waals surface area contributed by atoms with Crippen molar-refractivity contribution in [2.24, 2.45) is 0 Å². The second-order valence-electron chi connectivity index (χ2n) is 8.38. The molecule has 1 amide bonds. The average molecular weight is 399 g/mol. The number of hydrogen-bond acceptors (Lipinski definition) is 2. The van der Waals surface area contributed by atoms with Crippen LogP contribution in [0.5, 0.6) is 0 Å². The zero-order chi connectivity index (χ0) is 20.3. The summed E-state index contributed by atoms with van der Waals surface area (Å²) in [7, 11) is 0. The van der Waals surface area contributed by atoms with Crippen molar-refractivity contribution in [3.63, 3.8) is 0 Å². The third-order valence-corrected chi connectivity index (χ3v) is 6.76. The van der Waals surface area contributed by atoms with Crippen LogP contribution in [0.25, 0.3) is 0 Å². The van der Waals surface area contributed by atoms with Crippen molar-refractivity contribution in [3.05, 3.63) is 71.3 Å². The summed E-state index contributed by atoms with van der Waals surface area (Å²) >= 11 is 0. The molecule has 0 atom stereocenters. The Morgan fingerprint density at radius 1 is 0.897 bits per heavy atom. The van der Waals surface area contributed by atoms with Crippen molar-refractivity contribution in [2.75, 3.05) is 19.8 Å². The van der Waals surface area contributed by atoms with Gasteiger partial charge in [0.05, 0.1) is 5.41 Å². The van der Waals surface area contributed by atoms with Gasteiger partial charge in [0.2, 0.25) is 5.91 Å². The molecule has 29 heavy (non-hydrogen) atoms. The highest BCUT2D eigenvalue weighted by molar-refractivity contribution is 5.88. The van der Waals surface area contributed by atoms with E-state index in [9.17, 15) is 13.6 Å². The number of carbonyl (C=O) groups is 1. The molecule has 1 aliphatic heterocycles. The fourth-order valence-corrected chi connectivity index (χ4v) is 4.96. The summed E-state index contributed by atoms with van der Waals surface area (Å²) in [5, 5.41) is 3.20. The summed E-state index contributed by atoms with van der Waals surface area (Å²) in [6.45, 7) is 1.70. The van der Waals surface area contributed by atoms with Crippen LogP contribution in [-0.2, 0) is 20.4 Å². The molecule has 0 unspecified atom stereocenters. The molecule has 1 aliphatic carbocycles. The maximum absolute atomic E-state index is 13.9. The number of nitrogens with one attached hydrogen (secondary N) is 1. The summed E-state index contributed by atoms with van der Waals surface area (Å²) in [5.41, 5.74) is 0.838. The monoisotopic (exact) mass is 399 g/mol. The summed E-state index contributed by atoms with van der Waals surface area (Å²) in [6.07, 6.45) is 4.92. The van der Waals surface area contributed by atoms with Gasteiger partial charge < -0.3 is 10.1 Å². The maximum atomic E-state index is 13.9. The lowest BCUT2D eigenvalue weighted by atomic mass is 9.73. The summed E-state index contributed by atoms with van der Waals surface area (Å²) < 4.78 is 32.9. The van der Waals surface area contributed by atoms with E-state index in [0.29, 0.717) is 19.8 Å². The fraction of sp³-hybridized carbons (Fsp3) is 0.458. The number of halogens is 2. The first kappa shape index (κ1) is 20.0. The largest absolute Gasteiger partial charge is 0.381 e. The molecule has 2 aliphatic rings. The third-order valence-electron chi connectivity index (χ3n) is 6.76. The Bertz CT molecular complexity index is 853. The normalized spacial score (nSPS) is 20.3. The Morgan fingerprint density at radius 2 is 1.59 bits per heavy atom. The van der Waals surface area contributed by atoms with Gasteiger partial charge in [-0.1, -0.05) is 37.1 Å². The number of amides is 1. The van der Waals surface area contributed by atoms with Gasteiger partial charge in [0.25, 0.3) is 0 Å². The lowest BCUT2D eigenvalue weighted by molar-refractivity contribution is -0.127. The second kappa shape index (κ2) is 8.23. The van der Waals surface area contributed by atoms with E-state index in [0.717, 1.165) is 49.7 Å². The molecular weight excluding hydrogens is 372 g/mol. The van der Waals surface area contributed by atoms with Gasteiger partial charge in [-0.15, -0.1) is 0 Å². The van der Waals surface area contributed by atoms with Gasteiger partial charge in [-0.2, -0.15) is 0 Å². The van der Waals surface area contributed by atoms with Crippen LogP contribution in [0.2, 0.25) is 0 Å². The second-order valence-corrected chi connectivity index (χ2v) is 8.38. The van der Waals surface area contributed by atoms with Crippen LogP contribution in [0.3, 0.4) is 0 Å². The van der Waals surface area contributed by atoms with Crippen molar-refractivity contribution >= 4 is 5.91 Å². The smallest absolute Gasteiger partial charge is 0.230 e. The van der Waals surface area contributed by atoms with Gasteiger partial charge >= 0.3 is 0 Å². The molecule has 0 spiro atoms. The predicted molar refractivity (Wildman–Crippen MR) is 108 cm³/mol. The van der Waals surface area contributed by atoms with E-state index < -0.39 is 5.41 Å². The van der Waals surface area contributed by atoms with E-state index in [1.165, 1.54) is 24.3 Å². The van der Waals surface area contributed by atoms with E-state index in [2.05, 4.69) is 5.32 Å². The molecule has 2 aromatic carbocycles. The number of hydrogen-bond donors (Lipinski definition) is 1. The highest BCUT2D eigenvalue weighted by Gasteiger charge is 2.44. The van der Waals surface area contributed by atoms with E-state index in [1.54, 1.807) is 6.07 Å². The van der Waals surface area contributed by atoms with Crippen LogP contribution in [0.1, 0.15) is 49.7 Å². The number of carbonyl (C=O) groups excluding carboxylic acids is 1. The molecule has 2 aromatic rings. The van der Waals surface area contributed by atoms with E-state index >= 15 is 0 Å². The Balaban J connectivity index is 1.58. The minimum atomic E-state index is -0.669. The van der Waals surface area contributed by atoms with Crippen molar-refractivity contribution in [3.8, 4) is 0 Å². The van der Waals surface area contributed by atoms with Crippen molar-refractivity contribution < 1.29 is 18.3 Å². The number of rotatable bonds is 5. The predicted octanol–water partition coefficient (Wildman–Crippen LogP) is 4.64. The minimum Gasteiger partial charge on any atom is -0.381 e. The van der Waals surface area contributed by atoms with Gasteiger partial charge in [-0.25, -0.2) is 8.78 Å². The summed E-state index contributed by atoms with van der Waals surface area (Å²) in [6, 6.07) is 13.0. The first-order valence-corrected chi connectivity index (χ1v) is 10.4. The fourth-order valence-electron chi connectivity index (χ4n) is 4.96. The van der Waals surface area contributed by atoms with Gasteiger partial charge in [-0.3, -0.25) is 4.79 Å². The van der Waals surface area contributed by atoms with Crippen molar-refractivity contribution in [1.29, 1.82) is 0 Å². The molecule has 5 heteroatoms. The van der Waals surface area contributed by atoms with Gasteiger partial charge in [-0.05, 0) is 61.1 Å². The van der Waals surface area contributed by atoms with Crippen molar-refractivity contribution in [1.82, 2.24) is 5.32 Å². The molecule has 1 saturated carbocycles. The van der Waals surface area contributed by atoms with E-state index in [-0.39, 0.29) is 23.0 Å². The molecular formula is C24H27F2NO2. The Kier molecular flexibility index (Phi) is 5.68. The first-order chi connectivity index (χ1) is 14.0. The quantitative estimate of drug-likeness (QED) is 0.795. The van der Waals surface area contributed by atoms with Crippen LogP contribution in [0, 0.1) is 11.6 Å². The SMILES string of the molecule is O=C(NCC1(c2ccc(F)cc2)CCOCC1)C1(c2cccc(F)c2)CCCC1. The van der Waals surface area contributed by atoms with Crippen molar-refractivity contribution in [2.45, 2.75) is 49.4 Å². The number of ether oxygens (including phenoxy) is 1. The third kappa shape index (κ3) is 3.93. The maximum Gasteiger partial charge on any atom is 0.230 e. The molecule has 154 valence electrons. The topological polar surface area (TPSA) is 38.3 Å². The van der Waals surface area contributed by atoms with Gasteiger partial charge in [0.15, 0.2) is 0 Å². The molecule has 1 saturated heterocycles. The standard InChI is InChI=1S/C24H27F2NO2/c25-20-8-6-18(7-9-20)23(12-14-29-15-13-23)17-27-22(28)24(10-1-2-11-24)19-4-3-5-21(26)16-19/h3-9,16H,1-2,10-15,17H2,(H,27,28). The molecule has 4 rings (SSSR count). The van der Waals surface area contributed by atoms with E-state index in [4.69, 9.17) is 4.74 Å². The zero-order valence-corrected chi connectivity index (χ0v) is 16.6. The highest BCUT2D eigenvalue weighted by Crippen LogP contribution is 2.42. The Hall–Kier alpha value is -2.27. The summed E-state index contributed by atoms with van der Waals surface area (Å²) in [5.74, 6) is -0.613. The van der Waals surface area contributed by atoms with E-state index in [1.807, 2.05) is 18.2 Å². The van der Waals surface area contributed by atoms with Crippen LogP contribution < -0.4 is 5.32 Å². The molecule has 1 N–H and O–H groups in total. The minimum absolute atomic E-state index is 0.0337. The lowest BCUT2D eigenvalue weighted by Gasteiger charge is -2.39. The average Bonchev–Trinajstić information content (AvgIpc) is 3.24. The van der Waals surface area contributed by atoms with Crippen LogP contribution in [0.4, 0.5) is 8.78 Å². The summed E-state index contributed by atoms with van der Waals surface area (Å²) in [4.78, 5) is 13.4. The van der Waals surface area contributed by atoms with Crippen LogP contribution in [0.15, 0.2) is 48.5 Å². The van der Waals surface area contributed by atoms with Gasteiger partial charge in [0, 0.05) is 25.2 Å². The number of benzene rings is 2. The highest BCUT2D eigenvalue weighted by atomic mass is 19.1. The molecule has 0 bridgehead atoms. The Morgan fingerprint density at radius 3 is 2.24 bits per heavy atom. The molecule has 1 heterocycles. The first-order valence-electron chi connectivity index (χ1n) is 10.4. The zero-order valence-electron chi connectivity index (χ0n) is 16.6. The molecule has 2 fully saturated rings. The molecule has 0 radical (unpaired) electrons. The lowest BCUT2D eigenvalue weighted by Crippen LogP contribution is -2.50. The van der Waals surface area contributed by atoms with Gasteiger partial charge in [0.1, 0.15) is 11.6 Å². The van der Waals surface area contributed by atoms with Crippen LogP contribution >= 0.6 is 0 Å². The Labute approximate surface area is 170 Å². The van der Waals surface area contributed by atoms with Crippen LogP contribution in [-0.4, -0.2) is 25.7 Å².